The third-order valence-electron chi connectivity index (χ3n) is 15.2. The van der Waals surface area contributed by atoms with E-state index >= 15 is 0 Å². The molecule has 0 unspecified atom stereocenters. The molecule has 0 saturated heterocycles. The van der Waals surface area contributed by atoms with Crippen LogP contribution in [0.3, 0.4) is 0 Å². The van der Waals surface area contributed by atoms with E-state index in [0.717, 1.165) is 69.7 Å². The van der Waals surface area contributed by atoms with Crippen LogP contribution >= 0.6 is 0 Å². The molecule has 0 radical (unpaired) electrons. The Morgan fingerprint density at radius 1 is 0.474 bits per heavy atom. The van der Waals surface area contributed by atoms with Gasteiger partial charge in [-0.25, -0.2) is 38.7 Å². The predicted molar refractivity (Wildman–Crippen MR) is 400 cm³/mol. The van der Waals surface area contributed by atoms with Crippen molar-refractivity contribution in [2.45, 2.75) is 40.4 Å². The standard InChI is InChI=1S/C30H19N5O6S2.C24H25N2O3S.C19H14O5S.6Na.3O3S/c31-25-12-13-26(20-7-2-1-6-19(20)25)34-35-28-15-14-27(21-8-3-4-9-22(21)28)33-32-18-16-24-23(30(17-18)43(39,40)41)10-5-11-29(24)42(36,37)38;1-4-25-20-13-10-18(11-14-20)24(19-12-15-22(26-5-2)17(3)16-19)21-8-6-7-9-23(21)30(27,28)29;20-15-9-5-13(6-10-15)19(14-7-11-16(21)12-8-14)17-3-1-2-4-18(17)25(22,23)24;;;;;;;3*1-4(2)3/h1,4-17H,31H2,(H,36,37,38)(H,39,40,41);6,8-16,25H,4-5H2,1-3H3,(H,27,28,29);1-12,20H,(H,22,23,24);;;;;;;;;/q-2;-1;;6*+1;;;/p-2. The number of nitrogens with zero attached hydrogens (tertiary/aromatic N) is 4. The molecule has 6 N–H and O–H groups in total. The first-order chi connectivity index (χ1) is 51.9. The van der Waals surface area contributed by atoms with E-state index in [1.54, 1.807) is 97.1 Å². The number of nitrogens with one attached hydrogen (secondary N) is 2. The summed E-state index contributed by atoms with van der Waals surface area (Å²) in [6, 6.07) is 56.1. The largest absolute Gasteiger partial charge is 1.00 e. The number of azo groups is 2. The summed E-state index contributed by atoms with van der Waals surface area (Å²) in [5.41, 5.74) is 15.8. The number of fused-ring (bicyclic) bond motifs is 3. The van der Waals surface area contributed by atoms with Crippen LogP contribution in [0.15, 0.2) is 281 Å². The average Bonchev–Trinajstić information content (AvgIpc) is 0.766. The van der Waals surface area contributed by atoms with Gasteiger partial charge in [-0.05, 0) is 156 Å². The molecule has 10 aromatic rings. The first-order valence-electron chi connectivity index (χ1n) is 31.2. The van der Waals surface area contributed by atoms with E-state index in [4.69, 9.17) is 43.6 Å². The molecule has 116 heavy (non-hydrogen) atoms. The number of allylic oxidation sites excluding steroid dienone is 10. The smallest absolute Gasteiger partial charge is 0.744 e. The fraction of sp³-hybridized carbons (Fsp3) is 0.0685. The van der Waals surface area contributed by atoms with E-state index < -0.39 is 82.1 Å². The normalized spacial score (nSPS) is 12.8. The van der Waals surface area contributed by atoms with Crippen LogP contribution in [-0.2, 0) is 77.1 Å². The molecule has 568 valence electrons. The summed E-state index contributed by atoms with van der Waals surface area (Å²) in [5.74, 6) is -0.124. The Morgan fingerprint density at radius 3 is 1.44 bits per heavy atom. The molecule has 0 aliphatic heterocycles. The SMILES string of the molecule is CCNc1ccc(C(=C2C=CC(=[NH+]CC)C(C)=C2)c2cc[c-]cc2S(=O)(=O)O)cc1.Nc1ccc(N=Nc2ccc(N=Nc3cc(S(=O)(=O)[O-])c4cccc(S(=O)(=O)[O-])c4c3)c3c[c-]ccc23)c2c[c-]ccc12.O=C1C=CC(=C(c2ccc(O)cc2)c2ccccc2S(=O)(=O)[O-])C=C1.O=S(=O)=O.O=S(=O)=O.O=S(=O)=O.[Na+].[Na+].[Na+].[Na+].[Na+].[Na+]. The van der Waals surface area contributed by atoms with Crippen molar-refractivity contribution in [2.24, 2.45) is 20.5 Å². The van der Waals surface area contributed by atoms with Crippen molar-refractivity contribution in [3.8, 4) is 5.75 Å². The Balaban J connectivity index is 0.000000816. The second kappa shape index (κ2) is 50.2. The van der Waals surface area contributed by atoms with Crippen LogP contribution in [0.1, 0.15) is 43.0 Å². The Hall–Kier alpha value is -6.14. The summed E-state index contributed by atoms with van der Waals surface area (Å²) >= 11 is 0. The summed E-state index contributed by atoms with van der Waals surface area (Å²) in [5, 5.41) is 32.3. The number of anilines is 2. The maximum Gasteiger partial charge on any atom is 1.00 e. The van der Waals surface area contributed by atoms with Gasteiger partial charge in [0, 0.05) is 57.3 Å². The van der Waals surface area contributed by atoms with Gasteiger partial charge in [-0.15, -0.1) is 48.8 Å². The summed E-state index contributed by atoms with van der Waals surface area (Å²) < 4.78 is 217. The zero-order valence-corrected chi connectivity index (χ0v) is 80.7. The molecule has 0 fully saturated rings. The number of ketones is 1. The molecule has 0 spiro atoms. The molecule has 0 saturated carbocycles. The molecule has 12 rings (SSSR count). The van der Waals surface area contributed by atoms with E-state index in [1.807, 2.05) is 69.3 Å². The number of hydrogen-bond donors (Lipinski definition) is 5. The predicted octanol–water partition coefficient (Wildman–Crippen LogP) is -8.20. The molecule has 0 heterocycles. The first-order valence-corrected chi connectivity index (χ1v) is 39.8. The summed E-state index contributed by atoms with van der Waals surface area (Å²) in [7, 11) is -28.5. The van der Waals surface area contributed by atoms with Crippen molar-refractivity contribution in [3.63, 3.8) is 0 Å². The minimum Gasteiger partial charge on any atom is -0.744 e. The Morgan fingerprint density at radius 2 is 0.922 bits per heavy atom. The Kier molecular flexibility index (Phi) is 46.7. The van der Waals surface area contributed by atoms with E-state index in [-0.39, 0.29) is 221 Å². The molecule has 2 aliphatic carbocycles. The van der Waals surface area contributed by atoms with E-state index in [0.29, 0.717) is 55.8 Å². The molecule has 30 nitrogen and oxygen atoms in total. The Labute approximate surface area is 804 Å². The summed E-state index contributed by atoms with van der Waals surface area (Å²) in [6.45, 7) is 7.69. The molecule has 10 aromatic carbocycles. The number of carbonyl (C=O) groups is 1. The molecule has 0 amide bonds. The van der Waals surface area contributed by atoms with Crippen LogP contribution in [0.2, 0.25) is 0 Å². The molecular formula is C73H56N7Na6O23S7+. The van der Waals surface area contributed by atoms with Gasteiger partial charge in [-0.2, -0.15) is 93.3 Å². The van der Waals surface area contributed by atoms with Gasteiger partial charge >= 0.3 is 209 Å². The van der Waals surface area contributed by atoms with Crippen molar-refractivity contribution in [2.75, 3.05) is 24.1 Å². The van der Waals surface area contributed by atoms with Crippen LogP contribution in [-0.4, -0.2) is 119 Å². The fourth-order valence-corrected chi connectivity index (χ4v) is 13.6. The van der Waals surface area contributed by atoms with Crippen molar-refractivity contribution < 1.29 is 282 Å². The summed E-state index contributed by atoms with van der Waals surface area (Å²) in [6.07, 6.45) is 11.8. The monoisotopic (exact) mass is 1760 g/mol. The zero-order chi connectivity index (χ0) is 80.8. The minimum absolute atomic E-state index is 0. The number of carbonyl (C=O) groups excluding carboxylic acids is 1. The van der Waals surface area contributed by atoms with Crippen LogP contribution in [0.5, 0.6) is 5.75 Å². The van der Waals surface area contributed by atoms with Gasteiger partial charge in [0.2, 0.25) is 15.8 Å². The van der Waals surface area contributed by atoms with Crippen LogP contribution in [0.25, 0.3) is 43.5 Å². The number of benzene rings is 10. The van der Waals surface area contributed by atoms with E-state index in [1.165, 1.54) is 66.7 Å². The van der Waals surface area contributed by atoms with E-state index in [9.17, 15) is 61.8 Å². The molecule has 2 aliphatic rings. The van der Waals surface area contributed by atoms with Crippen molar-refractivity contribution in [1.29, 1.82) is 0 Å². The number of rotatable bonds is 15. The second-order valence-corrected chi connectivity index (χ2v) is 28.9. The molecular weight excluding hydrogens is 1710 g/mol. The van der Waals surface area contributed by atoms with Gasteiger partial charge in [0.05, 0.1) is 26.1 Å². The topological polar surface area (TPSA) is 518 Å². The van der Waals surface area contributed by atoms with Gasteiger partial charge in [0.15, 0.2) is 5.78 Å². The number of nitrogen functional groups attached to an aromatic ring is 1. The number of aromatic hydroxyl groups is 1. The average molecular weight is 1760 g/mol. The first kappa shape index (κ1) is 108. The van der Waals surface area contributed by atoms with Crippen molar-refractivity contribution >= 4 is 161 Å². The second-order valence-electron chi connectivity index (χ2n) is 22.3. The number of phenols is 1. The van der Waals surface area contributed by atoms with Crippen LogP contribution in [0.4, 0.5) is 34.1 Å². The van der Waals surface area contributed by atoms with Crippen LogP contribution in [0, 0.1) is 18.2 Å². The van der Waals surface area contributed by atoms with Gasteiger partial charge < -0.3 is 29.8 Å². The van der Waals surface area contributed by atoms with Gasteiger partial charge in [-0.1, -0.05) is 82.9 Å². The van der Waals surface area contributed by atoms with Gasteiger partial charge in [0.1, 0.15) is 42.6 Å². The number of nitrogens with two attached hydrogens (primary N) is 1. The molecule has 0 atom stereocenters. The fourth-order valence-electron chi connectivity index (χ4n) is 10.8. The van der Waals surface area contributed by atoms with Crippen molar-refractivity contribution in [3.05, 3.63) is 282 Å². The van der Waals surface area contributed by atoms with Crippen molar-refractivity contribution in [1.82, 2.24) is 0 Å². The maximum absolute atomic E-state index is 12.1. The van der Waals surface area contributed by atoms with E-state index in [2.05, 4.69) is 49.0 Å². The van der Waals surface area contributed by atoms with Crippen LogP contribution < -0.4 is 193 Å². The molecule has 43 heteroatoms. The zero-order valence-electron chi connectivity index (χ0n) is 63.0. The van der Waals surface area contributed by atoms with Gasteiger partial charge in [0.25, 0.3) is 0 Å². The third kappa shape index (κ3) is 31.8. The van der Waals surface area contributed by atoms with Gasteiger partial charge in [-0.3, -0.25) is 9.35 Å². The molecule has 0 bridgehead atoms. The summed E-state index contributed by atoms with van der Waals surface area (Å²) in [4.78, 5) is 12.8. The number of phenolic OH excluding ortho intramolecular Hbond substituents is 1. The molecule has 0 aromatic heterocycles. The number of hydrogen-bond acceptors (Lipinski definition) is 28. The quantitative estimate of drug-likeness (QED) is 0.0209. The Bertz CT molecular complexity index is 6340. The maximum atomic E-state index is 12.1. The minimum atomic E-state index is -5.07. The third-order valence-corrected chi connectivity index (χ3v) is 18.8.